The molecule has 96 valence electrons. The highest BCUT2D eigenvalue weighted by molar-refractivity contribution is 7.11. The Morgan fingerprint density at radius 2 is 2.35 bits per heavy atom. The Morgan fingerprint density at radius 1 is 1.53 bits per heavy atom. The van der Waals surface area contributed by atoms with E-state index in [-0.39, 0.29) is 0 Å². The van der Waals surface area contributed by atoms with Gasteiger partial charge in [0.25, 0.3) is 0 Å². The van der Waals surface area contributed by atoms with Crippen LogP contribution in [0.3, 0.4) is 0 Å². The summed E-state index contributed by atoms with van der Waals surface area (Å²) in [4.78, 5) is 9.93. The zero-order valence-electron chi connectivity index (χ0n) is 10.7. The van der Waals surface area contributed by atoms with Gasteiger partial charge in [0.15, 0.2) is 5.96 Å². The normalized spacial score (nSPS) is 11.8. The van der Waals surface area contributed by atoms with Crippen LogP contribution in [0.1, 0.15) is 36.6 Å². The van der Waals surface area contributed by atoms with E-state index in [4.69, 9.17) is 5.73 Å². The summed E-state index contributed by atoms with van der Waals surface area (Å²) in [6.07, 6.45) is 6.17. The van der Waals surface area contributed by atoms with E-state index in [1.54, 1.807) is 11.3 Å². The van der Waals surface area contributed by atoms with Gasteiger partial charge in [0.1, 0.15) is 0 Å². The highest BCUT2D eigenvalue weighted by atomic mass is 32.1. The fourth-order valence-electron chi connectivity index (χ4n) is 1.34. The lowest BCUT2D eigenvalue weighted by molar-refractivity contribution is 0.790. The molecule has 0 bridgehead atoms. The maximum absolute atomic E-state index is 5.73. The van der Waals surface area contributed by atoms with E-state index in [0.29, 0.717) is 5.96 Å². The summed E-state index contributed by atoms with van der Waals surface area (Å²) in [6, 6.07) is 0. The van der Waals surface area contributed by atoms with Gasteiger partial charge in [0.05, 0.1) is 5.01 Å². The average molecular weight is 254 g/mol. The van der Waals surface area contributed by atoms with E-state index in [9.17, 15) is 0 Å². The van der Waals surface area contributed by atoms with Crippen molar-refractivity contribution in [3.63, 3.8) is 0 Å². The monoisotopic (exact) mass is 254 g/mol. The van der Waals surface area contributed by atoms with Crippen LogP contribution >= 0.6 is 11.3 Å². The number of rotatable bonds is 7. The quantitative estimate of drug-likeness (QED) is 0.444. The van der Waals surface area contributed by atoms with E-state index in [0.717, 1.165) is 43.8 Å². The molecule has 0 aromatic carbocycles. The number of aryl methyl sites for hydroxylation is 1. The minimum absolute atomic E-state index is 0.547. The molecule has 1 heterocycles. The average Bonchev–Trinajstić information content (AvgIpc) is 2.77. The van der Waals surface area contributed by atoms with Crippen LogP contribution in [0.4, 0.5) is 0 Å². The van der Waals surface area contributed by atoms with Gasteiger partial charge in [-0.2, -0.15) is 0 Å². The number of thiazole rings is 1. The van der Waals surface area contributed by atoms with Gasteiger partial charge in [-0.15, -0.1) is 11.3 Å². The molecule has 1 aromatic heterocycles. The molecular weight excluding hydrogens is 232 g/mol. The fraction of sp³-hybridized carbons (Fsp3) is 0.667. The van der Waals surface area contributed by atoms with Crippen molar-refractivity contribution in [3.05, 3.63) is 16.1 Å². The standard InChI is InChI=1S/C12H22N4S/c1-3-5-7-14-12(13)15-8-6-11-16-9-10(4-2)17-11/h9H,3-8H2,1-2H3,(H3,13,14,15). The van der Waals surface area contributed by atoms with Crippen LogP contribution in [0.2, 0.25) is 0 Å². The van der Waals surface area contributed by atoms with Gasteiger partial charge >= 0.3 is 0 Å². The summed E-state index contributed by atoms with van der Waals surface area (Å²) >= 11 is 1.77. The van der Waals surface area contributed by atoms with Crippen molar-refractivity contribution in [2.45, 2.75) is 39.5 Å². The molecule has 17 heavy (non-hydrogen) atoms. The molecule has 0 spiro atoms. The van der Waals surface area contributed by atoms with Crippen LogP contribution in [-0.4, -0.2) is 24.0 Å². The molecule has 0 saturated carbocycles. The minimum atomic E-state index is 0.547. The summed E-state index contributed by atoms with van der Waals surface area (Å²) in [5.41, 5.74) is 5.73. The number of nitrogens with two attached hydrogens (primary N) is 1. The van der Waals surface area contributed by atoms with Crippen LogP contribution in [0.5, 0.6) is 0 Å². The first-order chi connectivity index (χ1) is 8.26. The van der Waals surface area contributed by atoms with E-state index in [2.05, 4.69) is 29.1 Å². The summed E-state index contributed by atoms with van der Waals surface area (Å²) in [5.74, 6) is 0.547. The van der Waals surface area contributed by atoms with Crippen molar-refractivity contribution in [1.82, 2.24) is 10.3 Å². The van der Waals surface area contributed by atoms with Crippen molar-refractivity contribution in [2.24, 2.45) is 10.7 Å². The van der Waals surface area contributed by atoms with Crippen LogP contribution < -0.4 is 11.1 Å². The fourth-order valence-corrected chi connectivity index (χ4v) is 2.20. The lowest BCUT2D eigenvalue weighted by Gasteiger charge is -2.03. The van der Waals surface area contributed by atoms with Gasteiger partial charge in [-0.3, -0.25) is 4.99 Å². The first-order valence-corrected chi connectivity index (χ1v) is 7.05. The molecule has 0 aliphatic carbocycles. The number of nitrogens with zero attached hydrogens (tertiary/aromatic N) is 2. The third kappa shape index (κ3) is 5.68. The van der Waals surface area contributed by atoms with Gasteiger partial charge in [-0.1, -0.05) is 20.3 Å². The zero-order chi connectivity index (χ0) is 12.5. The molecule has 0 fully saturated rings. The maximum atomic E-state index is 5.73. The number of aromatic nitrogens is 1. The van der Waals surface area contributed by atoms with E-state index < -0.39 is 0 Å². The molecule has 1 aromatic rings. The number of hydrogen-bond donors (Lipinski definition) is 2. The third-order valence-corrected chi connectivity index (χ3v) is 3.59. The number of guanidine groups is 1. The third-order valence-electron chi connectivity index (χ3n) is 2.39. The Kier molecular flexibility index (Phi) is 6.62. The van der Waals surface area contributed by atoms with E-state index >= 15 is 0 Å². The van der Waals surface area contributed by atoms with Crippen molar-refractivity contribution >= 4 is 17.3 Å². The summed E-state index contributed by atoms with van der Waals surface area (Å²) in [5, 5.41) is 4.27. The Morgan fingerprint density at radius 3 is 3.00 bits per heavy atom. The van der Waals surface area contributed by atoms with Crippen LogP contribution in [0.15, 0.2) is 11.2 Å². The van der Waals surface area contributed by atoms with E-state index in [1.165, 1.54) is 4.88 Å². The zero-order valence-corrected chi connectivity index (χ0v) is 11.5. The molecule has 0 aliphatic heterocycles. The Balaban J connectivity index is 2.20. The topological polar surface area (TPSA) is 63.3 Å². The van der Waals surface area contributed by atoms with Crippen LogP contribution in [-0.2, 0) is 12.8 Å². The summed E-state index contributed by atoms with van der Waals surface area (Å²) < 4.78 is 0. The van der Waals surface area contributed by atoms with E-state index in [1.807, 2.05) is 6.20 Å². The highest BCUT2D eigenvalue weighted by Gasteiger charge is 2.00. The predicted molar refractivity (Wildman–Crippen MR) is 74.6 cm³/mol. The molecule has 0 aliphatic rings. The second-order valence-corrected chi connectivity index (χ2v) is 5.07. The minimum Gasteiger partial charge on any atom is -0.370 e. The summed E-state index contributed by atoms with van der Waals surface area (Å²) in [6.45, 7) is 5.91. The highest BCUT2D eigenvalue weighted by Crippen LogP contribution is 2.13. The maximum Gasteiger partial charge on any atom is 0.188 e. The smallest absolute Gasteiger partial charge is 0.188 e. The lowest BCUT2D eigenvalue weighted by Crippen LogP contribution is -2.33. The first kappa shape index (κ1) is 14.0. The molecule has 0 saturated heterocycles. The van der Waals surface area contributed by atoms with Crippen LogP contribution in [0, 0.1) is 0 Å². The molecular formula is C12H22N4S. The molecule has 0 radical (unpaired) electrons. The number of nitrogens with one attached hydrogen (secondary N) is 1. The molecule has 4 nitrogen and oxygen atoms in total. The van der Waals surface area contributed by atoms with Crippen molar-refractivity contribution < 1.29 is 0 Å². The number of aliphatic imine (C=N–C) groups is 1. The number of hydrogen-bond acceptors (Lipinski definition) is 3. The molecule has 3 N–H and O–H groups in total. The largest absolute Gasteiger partial charge is 0.370 e. The second kappa shape index (κ2) is 8.06. The molecule has 0 amide bonds. The summed E-state index contributed by atoms with van der Waals surface area (Å²) in [7, 11) is 0. The number of unbranched alkanes of at least 4 members (excludes halogenated alkanes) is 1. The van der Waals surface area contributed by atoms with Crippen molar-refractivity contribution in [3.8, 4) is 0 Å². The van der Waals surface area contributed by atoms with Gasteiger partial charge in [0, 0.05) is 30.6 Å². The SMILES string of the molecule is CCCCN=C(N)NCCc1ncc(CC)s1. The van der Waals surface area contributed by atoms with Crippen molar-refractivity contribution in [1.29, 1.82) is 0 Å². The van der Waals surface area contributed by atoms with Crippen molar-refractivity contribution in [2.75, 3.05) is 13.1 Å². The Bertz CT molecular complexity index is 346. The predicted octanol–water partition coefficient (Wildman–Crippen LogP) is 1.95. The molecule has 1 rings (SSSR count). The molecule has 0 unspecified atom stereocenters. The van der Waals surface area contributed by atoms with Gasteiger partial charge in [-0.25, -0.2) is 4.98 Å². The van der Waals surface area contributed by atoms with Crippen LogP contribution in [0.25, 0.3) is 0 Å². The first-order valence-electron chi connectivity index (χ1n) is 6.23. The second-order valence-electron chi connectivity index (χ2n) is 3.87. The molecule has 0 atom stereocenters. The van der Waals surface area contributed by atoms with Gasteiger partial charge in [0.2, 0.25) is 0 Å². The Labute approximate surface area is 107 Å². The Hall–Kier alpha value is -1.10. The van der Waals surface area contributed by atoms with Gasteiger partial charge < -0.3 is 11.1 Å². The molecule has 5 heteroatoms. The lowest BCUT2D eigenvalue weighted by atomic mass is 10.3. The van der Waals surface area contributed by atoms with Gasteiger partial charge in [-0.05, 0) is 12.8 Å².